The molecule has 0 unspecified atom stereocenters. The third-order valence-electron chi connectivity index (χ3n) is 4.00. The fraction of sp³-hybridized carbons (Fsp3) is 0.263. The molecule has 3 rings (SSSR count). The number of hydrogen-bond acceptors (Lipinski definition) is 2. The topological polar surface area (TPSA) is 46.9 Å². The maximum absolute atomic E-state index is 12.1. The molecular formula is C19H21N3O. The van der Waals surface area contributed by atoms with Crippen LogP contribution in [0.4, 0.5) is 0 Å². The van der Waals surface area contributed by atoms with Gasteiger partial charge < -0.3 is 9.88 Å². The highest BCUT2D eigenvalue weighted by molar-refractivity contribution is 5.94. The van der Waals surface area contributed by atoms with Crippen molar-refractivity contribution < 1.29 is 4.79 Å². The number of carbonyl (C=O) groups excluding carboxylic acids is 1. The van der Waals surface area contributed by atoms with E-state index >= 15 is 0 Å². The Morgan fingerprint density at radius 2 is 1.83 bits per heavy atom. The molecule has 0 aliphatic rings. The number of carbonyl (C=O) groups is 1. The minimum atomic E-state index is -0.0165. The Morgan fingerprint density at radius 3 is 2.61 bits per heavy atom. The maximum Gasteiger partial charge on any atom is 0.251 e. The van der Waals surface area contributed by atoms with E-state index in [0.717, 1.165) is 35.4 Å². The zero-order chi connectivity index (χ0) is 16.2. The van der Waals surface area contributed by atoms with Gasteiger partial charge in [0.2, 0.25) is 0 Å². The van der Waals surface area contributed by atoms with Crippen LogP contribution >= 0.6 is 0 Å². The maximum atomic E-state index is 12.1. The average Bonchev–Trinajstić information content (AvgIpc) is 2.87. The number of benzene rings is 2. The van der Waals surface area contributed by atoms with Crippen molar-refractivity contribution in [3.05, 3.63) is 65.5 Å². The normalized spacial score (nSPS) is 10.9. The van der Waals surface area contributed by atoms with E-state index in [1.807, 2.05) is 56.3 Å². The summed E-state index contributed by atoms with van der Waals surface area (Å²) in [7, 11) is 0. The van der Waals surface area contributed by atoms with E-state index in [1.54, 1.807) is 0 Å². The van der Waals surface area contributed by atoms with Gasteiger partial charge in [0, 0.05) is 18.7 Å². The summed E-state index contributed by atoms with van der Waals surface area (Å²) in [4.78, 5) is 16.6. The minimum Gasteiger partial charge on any atom is -0.352 e. The first-order chi connectivity index (χ1) is 11.1. The third-order valence-corrected chi connectivity index (χ3v) is 4.00. The molecule has 0 saturated heterocycles. The minimum absolute atomic E-state index is 0.0165. The van der Waals surface area contributed by atoms with Crippen LogP contribution in [-0.2, 0) is 6.54 Å². The lowest BCUT2D eigenvalue weighted by molar-refractivity contribution is 0.0953. The monoisotopic (exact) mass is 307 g/mol. The van der Waals surface area contributed by atoms with Crippen LogP contribution in [0.3, 0.4) is 0 Å². The molecule has 0 aliphatic heterocycles. The number of fused-ring (bicyclic) bond motifs is 1. The molecule has 4 nitrogen and oxygen atoms in total. The van der Waals surface area contributed by atoms with Gasteiger partial charge in [0.15, 0.2) is 0 Å². The van der Waals surface area contributed by atoms with Crippen LogP contribution in [0.1, 0.15) is 28.2 Å². The van der Waals surface area contributed by atoms with Crippen LogP contribution in [0.15, 0.2) is 48.5 Å². The molecule has 1 aromatic heterocycles. The van der Waals surface area contributed by atoms with Crippen LogP contribution in [0.2, 0.25) is 0 Å². The first kappa shape index (κ1) is 15.3. The second-order valence-electron chi connectivity index (χ2n) is 5.77. The van der Waals surface area contributed by atoms with Gasteiger partial charge in [-0.1, -0.05) is 29.8 Å². The number of imidazole rings is 1. The number of nitrogens with zero attached hydrogens (tertiary/aromatic N) is 2. The van der Waals surface area contributed by atoms with E-state index in [9.17, 15) is 4.79 Å². The summed E-state index contributed by atoms with van der Waals surface area (Å²) in [5.41, 5.74) is 4.03. The summed E-state index contributed by atoms with van der Waals surface area (Å²) >= 11 is 0. The molecule has 0 saturated carbocycles. The zero-order valence-electron chi connectivity index (χ0n) is 13.5. The molecule has 0 fully saturated rings. The fourth-order valence-corrected chi connectivity index (χ4v) is 2.72. The van der Waals surface area contributed by atoms with Crippen molar-refractivity contribution in [2.24, 2.45) is 0 Å². The van der Waals surface area contributed by atoms with E-state index in [1.165, 1.54) is 0 Å². The second kappa shape index (κ2) is 6.65. The molecule has 1 heterocycles. The van der Waals surface area contributed by atoms with Crippen LogP contribution in [0.25, 0.3) is 11.0 Å². The van der Waals surface area contributed by atoms with Gasteiger partial charge in [0.05, 0.1) is 11.0 Å². The highest BCUT2D eigenvalue weighted by atomic mass is 16.1. The molecule has 3 aromatic rings. The van der Waals surface area contributed by atoms with Crippen molar-refractivity contribution in [2.45, 2.75) is 26.8 Å². The first-order valence-corrected chi connectivity index (χ1v) is 7.92. The van der Waals surface area contributed by atoms with Crippen molar-refractivity contribution in [1.82, 2.24) is 14.9 Å². The second-order valence-corrected chi connectivity index (χ2v) is 5.77. The Bertz CT molecular complexity index is 818. The first-order valence-electron chi connectivity index (χ1n) is 7.92. The smallest absolute Gasteiger partial charge is 0.251 e. The summed E-state index contributed by atoms with van der Waals surface area (Å²) < 4.78 is 2.20. The quantitative estimate of drug-likeness (QED) is 0.734. The number of rotatable bonds is 5. The molecule has 0 aliphatic carbocycles. The van der Waals surface area contributed by atoms with Gasteiger partial charge in [-0.15, -0.1) is 0 Å². The van der Waals surface area contributed by atoms with Crippen molar-refractivity contribution in [3.8, 4) is 0 Å². The number of hydrogen-bond donors (Lipinski definition) is 1. The Morgan fingerprint density at radius 1 is 1.09 bits per heavy atom. The van der Waals surface area contributed by atoms with Crippen molar-refractivity contribution in [1.29, 1.82) is 0 Å². The Hall–Kier alpha value is -2.62. The van der Waals surface area contributed by atoms with E-state index < -0.39 is 0 Å². The zero-order valence-corrected chi connectivity index (χ0v) is 13.5. The molecule has 0 spiro atoms. The highest BCUT2D eigenvalue weighted by Gasteiger charge is 2.07. The molecule has 118 valence electrons. The van der Waals surface area contributed by atoms with E-state index in [4.69, 9.17) is 0 Å². The lowest BCUT2D eigenvalue weighted by Crippen LogP contribution is -2.25. The van der Waals surface area contributed by atoms with Crippen molar-refractivity contribution in [3.63, 3.8) is 0 Å². The Balaban J connectivity index is 1.56. The standard InChI is InChI=1S/C19H21N3O/c1-14-8-10-16(11-9-14)19(23)20-12-5-13-22-15(2)21-17-6-3-4-7-18(17)22/h3-4,6-11H,5,12-13H2,1-2H3,(H,20,23). The number of para-hydroxylation sites is 2. The molecule has 1 amide bonds. The van der Waals surface area contributed by atoms with E-state index in [2.05, 4.69) is 20.9 Å². The average molecular weight is 307 g/mol. The van der Waals surface area contributed by atoms with Gasteiger partial charge in [-0.3, -0.25) is 4.79 Å². The van der Waals surface area contributed by atoms with Crippen LogP contribution in [0.5, 0.6) is 0 Å². The predicted octanol–water partition coefficient (Wildman–Crippen LogP) is 3.47. The molecule has 0 radical (unpaired) electrons. The molecule has 0 atom stereocenters. The van der Waals surface area contributed by atoms with Crippen molar-refractivity contribution >= 4 is 16.9 Å². The molecule has 2 aromatic carbocycles. The van der Waals surface area contributed by atoms with E-state index in [0.29, 0.717) is 12.1 Å². The van der Waals surface area contributed by atoms with Gasteiger partial charge in [-0.25, -0.2) is 4.98 Å². The van der Waals surface area contributed by atoms with Gasteiger partial charge in [0.1, 0.15) is 5.82 Å². The van der Waals surface area contributed by atoms with Gasteiger partial charge in [-0.2, -0.15) is 0 Å². The number of aromatic nitrogens is 2. The fourth-order valence-electron chi connectivity index (χ4n) is 2.72. The number of amides is 1. The van der Waals surface area contributed by atoms with Crippen LogP contribution in [0, 0.1) is 13.8 Å². The number of aryl methyl sites for hydroxylation is 3. The molecule has 1 N–H and O–H groups in total. The van der Waals surface area contributed by atoms with E-state index in [-0.39, 0.29) is 5.91 Å². The van der Waals surface area contributed by atoms with Gasteiger partial charge >= 0.3 is 0 Å². The molecule has 4 heteroatoms. The third kappa shape index (κ3) is 3.42. The van der Waals surface area contributed by atoms with Gasteiger partial charge in [-0.05, 0) is 44.5 Å². The summed E-state index contributed by atoms with van der Waals surface area (Å²) in [5.74, 6) is 0.994. The molecule has 23 heavy (non-hydrogen) atoms. The largest absolute Gasteiger partial charge is 0.352 e. The van der Waals surface area contributed by atoms with Gasteiger partial charge in [0.25, 0.3) is 5.91 Å². The summed E-state index contributed by atoms with van der Waals surface area (Å²) in [6.07, 6.45) is 0.874. The SMILES string of the molecule is Cc1ccc(C(=O)NCCCn2c(C)nc3ccccc32)cc1. The summed E-state index contributed by atoms with van der Waals surface area (Å²) in [6.45, 7) is 5.53. The Kier molecular flexibility index (Phi) is 4.42. The van der Waals surface area contributed by atoms with Crippen LogP contribution < -0.4 is 5.32 Å². The Labute approximate surface area is 136 Å². The number of nitrogens with one attached hydrogen (secondary N) is 1. The lowest BCUT2D eigenvalue weighted by Gasteiger charge is -2.08. The predicted molar refractivity (Wildman–Crippen MR) is 92.6 cm³/mol. The molecular weight excluding hydrogens is 286 g/mol. The molecule has 0 bridgehead atoms. The lowest BCUT2D eigenvalue weighted by atomic mass is 10.1. The van der Waals surface area contributed by atoms with Crippen molar-refractivity contribution in [2.75, 3.05) is 6.54 Å². The van der Waals surface area contributed by atoms with Crippen LogP contribution in [-0.4, -0.2) is 22.0 Å². The summed E-state index contributed by atoms with van der Waals surface area (Å²) in [6, 6.07) is 15.8. The summed E-state index contributed by atoms with van der Waals surface area (Å²) in [5, 5.41) is 2.98. The highest BCUT2D eigenvalue weighted by Crippen LogP contribution is 2.15.